The number of carbonyl (C=O) groups is 1. The van der Waals surface area contributed by atoms with Crippen molar-refractivity contribution in [2.24, 2.45) is 5.41 Å². The predicted octanol–water partition coefficient (Wildman–Crippen LogP) is 0.993. The van der Waals surface area contributed by atoms with E-state index in [1.807, 2.05) is 0 Å². The quantitative estimate of drug-likeness (QED) is 0.526. The molecule has 0 bridgehead atoms. The van der Waals surface area contributed by atoms with E-state index in [2.05, 4.69) is 0 Å². The van der Waals surface area contributed by atoms with Crippen LogP contribution in [-0.4, -0.2) is 42.3 Å². The van der Waals surface area contributed by atoms with Gasteiger partial charge in [0.05, 0.1) is 5.41 Å². The molecule has 5 nitrogen and oxygen atoms in total. The Morgan fingerprint density at radius 1 is 1.07 bits per heavy atom. The Morgan fingerprint density at radius 2 is 1.47 bits per heavy atom. The van der Waals surface area contributed by atoms with Gasteiger partial charge < -0.3 is 18.0 Å². The topological polar surface area (TPSA) is 54.0 Å². The van der Waals surface area contributed by atoms with Crippen LogP contribution in [0.2, 0.25) is 0 Å². The van der Waals surface area contributed by atoms with Crippen molar-refractivity contribution in [3.05, 3.63) is 0 Å². The van der Waals surface area contributed by atoms with Crippen LogP contribution in [0.5, 0.6) is 0 Å². The minimum Gasteiger partial charge on any atom is -0.461 e. The Bertz CT molecular complexity index is 199. The summed E-state index contributed by atoms with van der Waals surface area (Å²) < 4.78 is 20.4. The second kappa shape index (κ2) is 5.60. The molecule has 0 saturated heterocycles. The van der Waals surface area contributed by atoms with E-state index in [1.165, 1.54) is 21.3 Å². The van der Waals surface area contributed by atoms with Gasteiger partial charge in [0.2, 0.25) is 0 Å². The lowest BCUT2D eigenvalue weighted by Crippen LogP contribution is -2.49. The first-order valence-electron chi connectivity index (χ1n) is 4.64. The van der Waals surface area contributed by atoms with E-state index < -0.39 is 14.2 Å². The van der Waals surface area contributed by atoms with E-state index in [0.29, 0.717) is 0 Å². The van der Waals surface area contributed by atoms with Gasteiger partial charge in [-0.1, -0.05) is 0 Å². The molecule has 0 saturated carbocycles. The number of esters is 1. The molecule has 0 rings (SSSR count). The number of rotatable bonds is 5. The first-order chi connectivity index (χ1) is 6.81. The lowest BCUT2D eigenvalue weighted by molar-refractivity contribution is -0.152. The van der Waals surface area contributed by atoms with Crippen LogP contribution in [0.15, 0.2) is 0 Å². The summed E-state index contributed by atoms with van der Waals surface area (Å²) in [6.45, 7) is 5.35. The molecule has 0 N–H and O–H groups in total. The van der Waals surface area contributed by atoms with Gasteiger partial charge in [-0.25, -0.2) is 0 Å². The molecule has 15 heavy (non-hydrogen) atoms. The fourth-order valence-electron chi connectivity index (χ4n) is 0.797. The summed E-state index contributed by atoms with van der Waals surface area (Å²) in [5.41, 5.74) is -0.532. The molecule has 0 aromatic rings. The Balaban J connectivity index is 4.29. The molecule has 0 fully saturated rings. The first kappa shape index (κ1) is 14.6. The zero-order valence-corrected chi connectivity index (χ0v) is 11.2. The lowest BCUT2D eigenvalue weighted by atomic mass is 9.98. The van der Waals surface area contributed by atoms with Gasteiger partial charge in [-0.05, 0) is 20.8 Å². The molecule has 0 radical (unpaired) electrons. The fourth-order valence-corrected chi connectivity index (χ4v) is 1.96. The van der Waals surface area contributed by atoms with Crippen LogP contribution in [0.25, 0.3) is 0 Å². The van der Waals surface area contributed by atoms with Crippen LogP contribution in [0.1, 0.15) is 20.8 Å². The Morgan fingerprint density at radius 3 is 1.73 bits per heavy atom. The molecule has 0 aromatic heterocycles. The average molecular weight is 236 g/mol. The fraction of sp³-hybridized carbons (Fsp3) is 0.889. The number of ether oxygens (including phenoxy) is 1. The third kappa shape index (κ3) is 4.29. The zero-order valence-electron chi connectivity index (χ0n) is 10.2. The van der Waals surface area contributed by atoms with Gasteiger partial charge in [0.1, 0.15) is 0 Å². The Kier molecular flexibility index (Phi) is 5.43. The van der Waals surface area contributed by atoms with Crippen LogP contribution in [0.3, 0.4) is 0 Å². The molecule has 0 amide bonds. The van der Waals surface area contributed by atoms with Crippen molar-refractivity contribution in [1.82, 2.24) is 0 Å². The maximum atomic E-state index is 11.5. The third-order valence-corrected chi connectivity index (χ3v) is 4.29. The highest BCUT2D eigenvalue weighted by Crippen LogP contribution is 2.16. The largest absolute Gasteiger partial charge is 0.539 e. The SMILES string of the molecule is CO[Si](COC(=O)C(C)(C)C)(OC)OC. The highest BCUT2D eigenvalue weighted by molar-refractivity contribution is 6.60. The van der Waals surface area contributed by atoms with E-state index >= 15 is 0 Å². The number of hydrogen-bond donors (Lipinski definition) is 0. The minimum atomic E-state index is -2.80. The van der Waals surface area contributed by atoms with Gasteiger partial charge >= 0.3 is 14.8 Å². The normalized spacial score (nSPS) is 12.7. The van der Waals surface area contributed by atoms with Gasteiger partial charge in [-0.15, -0.1) is 0 Å². The Labute approximate surface area is 92.0 Å². The smallest absolute Gasteiger partial charge is 0.461 e. The van der Waals surface area contributed by atoms with Crippen molar-refractivity contribution in [2.75, 3.05) is 27.6 Å². The van der Waals surface area contributed by atoms with Crippen molar-refractivity contribution < 1.29 is 22.8 Å². The molecule has 6 heteroatoms. The molecule has 0 unspecified atom stereocenters. The molecule has 90 valence electrons. The highest BCUT2D eigenvalue weighted by Gasteiger charge is 2.41. The second-order valence-corrected chi connectivity index (χ2v) is 7.00. The molecular weight excluding hydrogens is 216 g/mol. The molecule has 0 heterocycles. The molecule has 0 aliphatic carbocycles. The highest BCUT2D eigenvalue weighted by atomic mass is 28.4. The predicted molar refractivity (Wildman–Crippen MR) is 57.2 cm³/mol. The van der Waals surface area contributed by atoms with E-state index in [0.717, 1.165) is 0 Å². The van der Waals surface area contributed by atoms with Crippen molar-refractivity contribution in [1.29, 1.82) is 0 Å². The van der Waals surface area contributed by atoms with E-state index in [4.69, 9.17) is 18.0 Å². The van der Waals surface area contributed by atoms with Gasteiger partial charge in [0, 0.05) is 21.3 Å². The van der Waals surface area contributed by atoms with E-state index in [9.17, 15) is 4.79 Å². The second-order valence-electron chi connectivity index (χ2n) is 4.12. The number of carbonyl (C=O) groups excluding carboxylic acids is 1. The summed E-state index contributed by atoms with van der Waals surface area (Å²) in [6, 6.07) is 0. The van der Waals surface area contributed by atoms with E-state index in [1.54, 1.807) is 20.8 Å². The molecule has 0 atom stereocenters. The molecule has 0 aliphatic heterocycles. The summed E-state index contributed by atoms with van der Waals surface area (Å²) in [7, 11) is 1.63. The first-order valence-corrected chi connectivity index (χ1v) is 6.57. The van der Waals surface area contributed by atoms with Crippen LogP contribution in [-0.2, 0) is 22.8 Å². The summed E-state index contributed by atoms with van der Waals surface area (Å²) in [6.07, 6.45) is 0.0343. The van der Waals surface area contributed by atoms with Crippen LogP contribution in [0, 0.1) is 5.41 Å². The van der Waals surface area contributed by atoms with Crippen molar-refractivity contribution in [2.45, 2.75) is 20.8 Å². The zero-order chi connectivity index (χ0) is 12.1. The monoisotopic (exact) mass is 236 g/mol. The van der Waals surface area contributed by atoms with Crippen molar-refractivity contribution >= 4 is 14.8 Å². The summed E-state index contributed by atoms with van der Waals surface area (Å²) >= 11 is 0. The van der Waals surface area contributed by atoms with Crippen molar-refractivity contribution in [3.8, 4) is 0 Å². The summed E-state index contributed by atoms with van der Waals surface area (Å²) in [5.74, 6) is -0.300. The van der Waals surface area contributed by atoms with Gasteiger partial charge in [-0.3, -0.25) is 4.79 Å². The molecule has 0 aromatic carbocycles. The Hall–Kier alpha value is -0.433. The maximum Gasteiger partial charge on any atom is 0.539 e. The van der Waals surface area contributed by atoms with Crippen LogP contribution < -0.4 is 0 Å². The molecular formula is C9H20O5Si. The number of hydrogen-bond acceptors (Lipinski definition) is 5. The van der Waals surface area contributed by atoms with Crippen LogP contribution >= 0.6 is 0 Å². The maximum absolute atomic E-state index is 11.5. The van der Waals surface area contributed by atoms with Gasteiger partial charge in [0.15, 0.2) is 6.23 Å². The van der Waals surface area contributed by atoms with Crippen molar-refractivity contribution in [3.63, 3.8) is 0 Å². The summed E-state index contributed by atoms with van der Waals surface area (Å²) in [5, 5.41) is 0. The molecule has 0 aliphatic rings. The van der Waals surface area contributed by atoms with Gasteiger partial charge in [-0.2, -0.15) is 0 Å². The summed E-state index contributed by atoms with van der Waals surface area (Å²) in [4.78, 5) is 11.5. The minimum absolute atomic E-state index is 0.0343. The van der Waals surface area contributed by atoms with Gasteiger partial charge in [0.25, 0.3) is 0 Å². The van der Waals surface area contributed by atoms with Crippen LogP contribution in [0.4, 0.5) is 0 Å². The lowest BCUT2D eigenvalue weighted by Gasteiger charge is -2.25. The molecule has 0 spiro atoms. The standard InChI is InChI=1S/C9H20O5Si/c1-9(2,3)8(10)14-7-15(11-4,12-5)13-6/h7H2,1-6H3. The van der Waals surface area contributed by atoms with E-state index in [-0.39, 0.29) is 12.2 Å². The third-order valence-electron chi connectivity index (χ3n) is 1.93. The average Bonchev–Trinajstić information content (AvgIpc) is 2.19.